The van der Waals surface area contributed by atoms with E-state index < -0.39 is 78.0 Å². The summed E-state index contributed by atoms with van der Waals surface area (Å²) in [7, 11) is 0. The van der Waals surface area contributed by atoms with E-state index in [-0.39, 0.29) is 0 Å². The number of ether oxygens (including phenoxy) is 1. The molecule has 1 rings (SSSR count). The molecular weight excluding hydrogens is 578 g/mol. The highest BCUT2D eigenvalue weighted by Crippen LogP contribution is 2.64. The van der Waals surface area contributed by atoms with Crippen molar-refractivity contribution in [3.63, 3.8) is 0 Å². The van der Waals surface area contributed by atoms with Crippen LogP contribution in [0.25, 0.3) is 0 Å². The first-order valence-electron chi connectivity index (χ1n) is 8.77. The van der Waals surface area contributed by atoms with Crippen LogP contribution in [0.4, 0.5) is 79.0 Å². The molecule has 37 heavy (non-hydrogen) atoms. The van der Waals surface area contributed by atoms with E-state index in [1.807, 2.05) is 0 Å². The smallest absolute Gasteiger partial charge is 0.460 e. The summed E-state index contributed by atoms with van der Waals surface area (Å²) in [5.74, 6) is -60.1. The average molecular weight is 586 g/mol. The molecule has 2 nitrogen and oxygen atoms in total. The maximum Gasteiger partial charge on any atom is 0.460 e. The Bertz CT molecular complexity index is 981. The lowest BCUT2D eigenvalue weighted by Gasteiger charge is -2.42. The van der Waals surface area contributed by atoms with Crippen LogP contribution >= 0.6 is 0 Å². The maximum absolute atomic E-state index is 13.7. The highest BCUT2D eigenvalue weighted by atomic mass is 19.4. The highest BCUT2D eigenvalue weighted by molar-refractivity contribution is 5.89. The first kappa shape index (κ1) is 32.5. The number of hydrogen-bond donors (Lipinski definition) is 0. The topological polar surface area (TPSA) is 26.3 Å². The Morgan fingerprint density at radius 2 is 1.03 bits per heavy atom. The molecule has 0 spiro atoms. The Morgan fingerprint density at radius 3 is 1.43 bits per heavy atom. The van der Waals surface area contributed by atoms with Crippen molar-refractivity contribution in [1.29, 1.82) is 0 Å². The molecule has 0 N–H and O–H groups in total. The standard InChI is InChI=1S/C17H8F18O2/c18-8-3-1-2-7(6-8)9(36)37-5-4-10(19,20)11(21,22)12(23,24)13(25,26)14(27,28)15(29,30)16(31,32)17(33,34)35/h1-3,6H,4-5H2. The Balaban J connectivity index is 3.30. The largest absolute Gasteiger partial charge is 0.462 e. The van der Waals surface area contributed by atoms with Crippen LogP contribution < -0.4 is 0 Å². The van der Waals surface area contributed by atoms with Gasteiger partial charge in [0.2, 0.25) is 0 Å². The Labute approximate surface area is 192 Å². The third-order valence-electron chi connectivity index (χ3n) is 4.50. The van der Waals surface area contributed by atoms with Gasteiger partial charge in [0.05, 0.1) is 18.6 Å². The van der Waals surface area contributed by atoms with Crippen LogP contribution in [0, 0.1) is 5.82 Å². The van der Waals surface area contributed by atoms with Gasteiger partial charge in [-0.1, -0.05) is 6.07 Å². The van der Waals surface area contributed by atoms with Gasteiger partial charge in [-0.05, 0) is 18.2 Å². The van der Waals surface area contributed by atoms with Gasteiger partial charge >= 0.3 is 53.6 Å². The molecule has 0 fully saturated rings. The first-order chi connectivity index (χ1) is 16.1. The summed E-state index contributed by atoms with van der Waals surface area (Å²) in [6.45, 7) is -2.11. The molecule has 0 saturated carbocycles. The summed E-state index contributed by atoms with van der Waals surface area (Å²) in [5, 5.41) is 0. The predicted molar refractivity (Wildman–Crippen MR) is 82.0 cm³/mol. The molecule has 0 aliphatic heterocycles. The van der Waals surface area contributed by atoms with Crippen molar-refractivity contribution in [3.05, 3.63) is 35.6 Å². The molecule has 0 aliphatic carbocycles. The second-order valence-electron chi connectivity index (χ2n) is 7.04. The first-order valence-corrected chi connectivity index (χ1v) is 8.77. The zero-order valence-electron chi connectivity index (χ0n) is 16.8. The number of alkyl halides is 17. The zero-order valence-corrected chi connectivity index (χ0v) is 16.8. The normalized spacial score (nSPS) is 15.1. The SMILES string of the molecule is O=C(OCCC(F)(F)C(F)(F)C(F)(F)C(F)(F)C(F)(F)C(F)(F)C(F)(F)C(F)(F)F)c1cccc(F)c1. The summed E-state index contributed by atoms with van der Waals surface area (Å²) in [4.78, 5) is 11.5. The monoisotopic (exact) mass is 586 g/mol. The van der Waals surface area contributed by atoms with Crippen LogP contribution in [0.2, 0.25) is 0 Å². The summed E-state index contributed by atoms with van der Waals surface area (Å²) < 4.78 is 240. The lowest BCUT2D eigenvalue weighted by atomic mass is 9.88. The molecule has 0 saturated heterocycles. The van der Waals surface area contributed by atoms with Crippen molar-refractivity contribution >= 4 is 5.97 Å². The molecule has 0 atom stereocenters. The van der Waals surface area contributed by atoms with E-state index in [9.17, 15) is 83.8 Å². The van der Waals surface area contributed by atoms with Gasteiger partial charge in [-0.25, -0.2) is 9.18 Å². The summed E-state index contributed by atoms with van der Waals surface area (Å²) >= 11 is 0. The number of halogens is 18. The minimum atomic E-state index is -8.72. The molecule has 0 amide bonds. The van der Waals surface area contributed by atoms with Crippen LogP contribution in [0.1, 0.15) is 16.8 Å². The molecular formula is C17H8F18O2. The van der Waals surface area contributed by atoms with Crippen LogP contribution in [0.3, 0.4) is 0 Å². The predicted octanol–water partition coefficient (Wildman–Crippen LogP) is 7.38. The molecule has 20 heteroatoms. The number of carbonyl (C=O) groups is 1. The average Bonchev–Trinajstić information content (AvgIpc) is 2.71. The minimum Gasteiger partial charge on any atom is -0.462 e. The molecule has 1 aromatic rings. The Morgan fingerprint density at radius 1 is 0.622 bits per heavy atom. The summed E-state index contributed by atoms with van der Waals surface area (Å²) in [5.41, 5.74) is -0.792. The van der Waals surface area contributed by atoms with Gasteiger partial charge in [-0.15, -0.1) is 0 Å². The quantitative estimate of drug-likeness (QED) is 0.211. The van der Waals surface area contributed by atoms with Gasteiger partial charge in [-0.3, -0.25) is 0 Å². The fraction of sp³-hybridized carbons (Fsp3) is 0.588. The fourth-order valence-electron chi connectivity index (χ4n) is 2.32. The van der Waals surface area contributed by atoms with Crippen molar-refractivity contribution < 1.29 is 88.6 Å². The van der Waals surface area contributed by atoms with Crippen LogP contribution in [-0.2, 0) is 4.74 Å². The number of hydrogen-bond acceptors (Lipinski definition) is 2. The highest BCUT2D eigenvalue weighted by Gasteiger charge is 2.95. The molecule has 0 unspecified atom stereocenters. The zero-order chi connectivity index (χ0) is 29.7. The van der Waals surface area contributed by atoms with Gasteiger partial charge in [-0.2, -0.15) is 74.6 Å². The van der Waals surface area contributed by atoms with E-state index in [0.29, 0.717) is 6.07 Å². The molecule has 1 aromatic carbocycles. The molecule has 214 valence electrons. The molecule has 0 heterocycles. The minimum absolute atomic E-state index is 0.378. The van der Waals surface area contributed by atoms with E-state index in [0.717, 1.165) is 18.2 Å². The van der Waals surface area contributed by atoms with Crippen LogP contribution in [-0.4, -0.2) is 60.2 Å². The van der Waals surface area contributed by atoms with Crippen LogP contribution in [0.15, 0.2) is 24.3 Å². The van der Waals surface area contributed by atoms with E-state index in [1.165, 1.54) is 0 Å². The lowest BCUT2D eigenvalue weighted by Crippen LogP contribution is -2.74. The van der Waals surface area contributed by atoms with E-state index in [1.54, 1.807) is 0 Å². The van der Waals surface area contributed by atoms with Crippen molar-refractivity contribution in [2.24, 2.45) is 0 Å². The van der Waals surface area contributed by atoms with Crippen molar-refractivity contribution in [1.82, 2.24) is 0 Å². The van der Waals surface area contributed by atoms with Crippen molar-refractivity contribution in [3.8, 4) is 0 Å². The van der Waals surface area contributed by atoms with Crippen molar-refractivity contribution in [2.45, 2.75) is 54.1 Å². The van der Waals surface area contributed by atoms with Gasteiger partial charge < -0.3 is 4.74 Å². The second kappa shape index (κ2) is 9.32. The maximum atomic E-state index is 13.7. The third-order valence-corrected chi connectivity index (χ3v) is 4.50. The second-order valence-corrected chi connectivity index (χ2v) is 7.04. The molecule has 0 aromatic heterocycles. The summed E-state index contributed by atoms with van der Waals surface area (Å²) in [6.07, 6.45) is -10.8. The van der Waals surface area contributed by atoms with Gasteiger partial charge in [0.1, 0.15) is 5.82 Å². The fourth-order valence-corrected chi connectivity index (χ4v) is 2.32. The molecule has 0 bridgehead atoms. The van der Waals surface area contributed by atoms with Crippen molar-refractivity contribution in [2.75, 3.05) is 6.61 Å². The van der Waals surface area contributed by atoms with Crippen LogP contribution in [0.5, 0.6) is 0 Å². The molecule has 0 aliphatic rings. The summed E-state index contributed by atoms with van der Waals surface area (Å²) in [6, 6.07) is 2.68. The number of benzene rings is 1. The van der Waals surface area contributed by atoms with Gasteiger partial charge in [0.15, 0.2) is 0 Å². The van der Waals surface area contributed by atoms with E-state index >= 15 is 0 Å². The third kappa shape index (κ3) is 4.98. The van der Waals surface area contributed by atoms with E-state index in [4.69, 9.17) is 0 Å². The Kier molecular flexibility index (Phi) is 8.17. The van der Waals surface area contributed by atoms with Gasteiger partial charge in [0, 0.05) is 0 Å². The van der Waals surface area contributed by atoms with E-state index in [2.05, 4.69) is 4.74 Å². The molecule has 0 radical (unpaired) electrons. The lowest BCUT2D eigenvalue weighted by molar-refractivity contribution is -0.461. The number of esters is 1. The number of rotatable bonds is 10. The van der Waals surface area contributed by atoms with Gasteiger partial charge in [0.25, 0.3) is 0 Å². The number of carbonyl (C=O) groups excluding carboxylic acids is 1. The Hall–Kier alpha value is -2.57.